The van der Waals surface area contributed by atoms with Crippen LogP contribution in [0.25, 0.3) is 0 Å². The van der Waals surface area contributed by atoms with Crippen molar-refractivity contribution in [2.45, 2.75) is 42.7 Å². The average Bonchev–Trinajstić information content (AvgIpc) is 2.69. The Balaban J connectivity index is 1.28. The summed E-state index contributed by atoms with van der Waals surface area (Å²) in [5.74, 6) is -0.506. The quantitative estimate of drug-likeness (QED) is 0.673. The number of alkyl halides is 2. The molecule has 32 heavy (non-hydrogen) atoms. The molecule has 1 aromatic carbocycles. The highest BCUT2D eigenvalue weighted by molar-refractivity contribution is 6.42. The standard InChI is InChI=1S/C20H16Cl2F2N4O4/c21-8-1-11-12(2-9(8)22)32-13(4-31-11)18(30)28-20-5-19(6-20,7-20)15-14(17(25)29)26-3-10(27-15)16(23)24/h1-3,13,16H,4-7H2,(H2,25,29)(H,28,30). The van der Waals surface area contributed by atoms with Crippen molar-refractivity contribution < 1.29 is 27.8 Å². The molecule has 1 unspecified atom stereocenters. The first-order valence-electron chi connectivity index (χ1n) is 9.67. The zero-order valence-electron chi connectivity index (χ0n) is 16.3. The number of hydrogen-bond acceptors (Lipinski definition) is 6. The van der Waals surface area contributed by atoms with Crippen LogP contribution in [0, 0.1) is 0 Å². The summed E-state index contributed by atoms with van der Waals surface area (Å²) in [5, 5.41) is 3.53. The highest BCUT2D eigenvalue weighted by Crippen LogP contribution is 2.67. The van der Waals surface area contributed by atoms with Gasteiger partial charge in [-0.25, -0.2) is 18.7 Å². The van der Waals surface area contributed by atoms with Gasteiger partial charge in [0.05, 0.1) is 21.9 Å². The van der Waals surface area contributed by atoms with Gasteiger partial charge in [0.1, 0.15) is 18.0 Å². The minimum Gasteiger partial charge on any atom is -0.485 e. The van der Waals surface area contributed by atoms with E-state index in [4.69, 9.17) is 38.4 Å². The second-order valence-corrected chi connectivity index (χ2v) is 9.18. The van der Waals surface area contributed by atoms with Crippen molar-refractivity contribution >= 4 is 35.0 Å². The number of rotatable bonds is 5. The van der Waals surface area contributed by atoms with Gasteiger partial charge in [0.15, 0.2) is 11.5 Å². The zero-order valence-corrected chi connectivity index (χ0v) is 17.8. The molecule has 1 aromatic heterocycles. The van der Waals surface area contributed by atoms with E-state index in [1.165, 1.54) is 12.1 Å². The third kappa shape index (κ3) is 3.24. The molecule has 2 amide bonds. The Morgan fingerprint density at radius 1 is 1.19 bits per heavy atom. The number of carbonyl (C=O) groups is 2. The number of carbonyl (C=O) groups excluding carboxylic acids is 2. The van der Waals surface area contributed by atoms with Gasteiger partial charge in [-0.15, -0.1) is 0 Å². The topological polar surface area (TPSA) is 116 Å². The summed E-state index contributed by atoms with van der Waals surface area (Å²) in [4.78, 5) is 32.3. The van der Waals surface area contributed by atoms with E-state index in [0.29, 0.717) is 35.8 Å². The first kappa shape index (κ1) is 21.1. The summed E-state index contributed by atoms with van der Waals surface area (Å²) in [6.07, 6.45) is -1.57. The van der Waals surface area contributed by atoms with Gasteiger partial charge in [0, 0.05) is 23.1 Å². The van der Waals surface area contributed by atoms with Gasteiger partial charge in [-0.05, 0) is 19.3 Å². The SMILES string of the molecule is NC(=O)c1ncc(C(F)F)nc1C12CC(NC(=O)C3COc4cc(Cl)c(Cl)cc4O3)(C1)C2. The third-order valence-corrected chi connectivity index (χ3v) is 6.83. The molecular weight excluding hydrogens is 469 g/mol. The van der Waals surface area contributed by atoms with E-state index in [1.54, 1.807) is 0 Å². The maximum absolute atomic E-state index is 13.1. The molecule has 0 saturated heterocycles. The molecular formula is C20H16Cl2F2N4O4. The predicted octanol–water partition coefficient (Wildman–Crippen LogP) is 2.95. The number of hydrogen-bond donors (Lipinski definition) is 2. The summed E-state index contributed by atoms with van der Waals surface area (Å²) in [5.41, 5.74) is 3.74. The van der Waals surface area contributed by atoms with Crippen LogP contribution >= 0.6 is 23.2 Å². The molecule has 12 heteroatoms. The van der Waals surface area contributed by atoms with Gasteiger partial charge in [-0.1, -0.05) is 23.2 Å². The maximum atomic E-state index is 13.1. The molecule has 0 radical (unpaired) electrons. The Bertz CT molecular complexity index is 1140. The van der Waals surface area contributed by atoms with Gasteiger partial charge < -0.3 is 20.5 Å². The van der Waals surface area contributed by atoms with Crippen molar-refractivity contribution in [3.05, 3.63) is 45.5 Å². The molecule has 168 valence electrons. The Morgan fingerprint density at radius 3 is 2.47 bits per heavy atom. The van der Waals surface area contributed by atoms with E-state index >= 15 is 0 Å². The van der Waals surface area contributed by atoms with E-state index in [2.05, 4.69) is 15.3 Å². The molecule has 2 heterocycles. The molecule has 1 aliphatic heterocycles. The summed E-state index contributed by atoms with van der Waals surface area (Å²) >= 11 is 12.0. The third-order valence-electron chi connectivity index (χ3n) is 6.11. The lowest BCUT2D eigenvalue weighted by atomic mass is 9.38. The zero-order chi connectivity index (χ0) is 22.8. The molecule has 4 aliphatic rings. The van der Waals surface area contributed by atoms with Crippen LogP contribution in [0.15, 0.2) is 18.3 Å². The first-order valence-corrected chi connectivity index (χ1v) is 10.4. The Kier molecular flexibility index (Phi) is 4.72. The molecule has 1 atom stereocenters. The first-order chi connectivity index (χ1) is 15.1. The molecule has 3 saturated carbocycles. The molecule has 3 fully saturated rings. The van der Waals surface area contributed by atoms with Crippen LogP contribution in [0.3, 0.4) is 0 Å². The van der Waals surface area contributed by atoms with Crippen LogP contribution in [0.1, 0.15) is 47.6 Å². The number of benzene rings is 1. The van der Waals surface area contributed by atoms with Crippen LogP contribution in [0.5, 0.6) is 11.5 Å². The number of ether oxygens (including phenoxy) is 2. The van der Waals surface area contributed by atoms with Crippen LogP contribution in [-0.4, -0.2) is 40.0 Å². The van der Waals surface area contributed by atoms with E-state index in [0.717, 1.165) is 6.20 Å². The average molecular weight is 485 g/mol. The monoisotopic (exact) mass is 484 g/mol. The van der Waals surface area contributed by atoms with Gasteiger partial charge in [-0.2, -0.15) is 0 Å². The molecule has 6 rings (SSSR count). The number of primary amides is 1. The highest BCUT2D eigenvalue weighted by atomic mass is 35.5. The van der Waals surface area contributed by atoms with Crippen molar-refractivity contribution in [3.8, 4) is 11.5 Å². The molecule has 3 aliphatic carbocycles. The smallest absolute Gasteiger partial charge is 0.281 e. The maximum Gasteiger partial charge on any atom is 0.281 e. The Labute approximate surface area is 190 Å². The Hall–Kier alpha value is -2.72. The largest absolute Gasteiger partial charge is 0.485 e. The number of aromatic nitrogens is 2. The summed E-state index contributed by atoms with van der Waals surface area (Å²) in [7, 11) is 0. The lowest BCUT2D eigenvalue weighted by Crippen LogP contribution is -2.78. The fourth-order valence-electron chi connectivity index (χ4n) is 4.77. The van der Waals surface area contributed by atoms with Gasteiger partial charge in [-0.3, -0.25) is 9.59 Å². The normalized spacial score (nSPS) is 27.3. The fraction of sp³-hybridized carbons (Fsp3) is 0.400. The van der Waals surface area contributed by atoms with Crippen LogP contribution in [0.2, 0.25) is 10.0 Å². The van der Waals surface area contributed by atoms with Gasteiger partial charge in [0.25, 0.3) is 18.2 Å². The molecule has 0 spiro atoms. The number of halogens is 4. The van der Waals surface area contributed by atoms with E-state index in [-0.39, 0.29) is 28.9 Å². The second-order valence-electron chi connectivity index (χ2n) is 8.37. The lowest BCUT2D eigenvalue weighted by molar-refractivity contribution is -0.147. The predicted molar refractivity (Wildman–Crippen MR) is 108 cm³/mol. The van der Waals surface area contributed by atoms with Crippen molar-refractivity contribution in [3.63, 3.8) is 0 Å². The summed E-state index contributed by atoms with van der Waals surface area (Å²) in [6.45, 7) is -0.00818. The minimum atomic E-state index is -2.82. The van der Waals surface area contributed by atoms with Crippen LogP contribution in [-0.2, 0) is 10.2 Å². The number of amides is 2. The number of nitrogens with zero attached hydrogens (tertiary/aromatic N) is 2. The number of nitrogens with two attached hydrogens (primary N) is 1. The highest BCUT2D eigenvalue weighted by Gasteiger charge is 2.71. The number of fused-ring (bicyclic) bond motifs is 1. The molecule has 2 bridgehead atoms. The van der Waals surface area contributed by atoms with E-state index < -0.39 is 35.1 Å². The van der Waals surface area contributed by atoms with Crippen LogP contribution < -0.4 is 20.5 Å². The van der Waals surface area contributed by atoms with E-state index in [1.807, 2.05) is 0 Å². The fourth-order valence-corrected chi connectivity index (χ4v) is 5.08. The second kappa shape index (κ2) is 7.14. The molecule has 3 N–H and O–H groups in total. The molecule has 2 aromatic rings. The summed E-state index contributed by atoms with van der Waals surface area (Å²) in [6, 6.07) is 3.00. The summed E-state index contributed by atoms with van der Waals surface area (Å²) < 4.78 is 37.5. The number of nitrogens with one attached hydrogen (secondary N) is 1. The van der Waals surface area contributed by atoms with E-state index in [9.17, 15) is 18.4 Å². The molecule has 8 nitrogen and oxygen atoms in total. The van der Waals surface area contributed by atoms with Gasteiger partial charge in [0.2, 0.25) is 6.10 Å². The minimum absolute atomic E-state index is 0.00818. The van der Waals surface area contributed by atoms with Crippen molar-refractivity contribution in [1.82, 2.24) is 15.3 Å². The van der Waals surface area contributed by atoms with Crippen molar-refractivity contribution in [2.75, 3.05) is 6.61 Å². The van der Waals surface area contributed by atoms with Crippen molar-refractivity contribution in [1.29, 1.82) is 0 Å². The van der Waals surface area contributed by atoms with Crippen LogP contribution in [0.4, 0.5) is 8.78 Å². The Morgan fingerprint density at radius 2 is 1.84 bits per heavy atom. The van der Waals surface area contributed by atoms with Crippen molar-refractivity contribution in [2.24, 2.45) is 5.73 Å². The van der Waals surface area contributed by atoms with Gasteiger partial charge >= 0.3 is 0 Å². The lowest BCUT2D eigenvalue weighted by Gasteiger charge is -2.70.